The third-order valence-corrected chi connectivity index (χ3v) is 2.12. The molecular formula is C11H14N2O. The molecule has 3 nitrogen and oxygen atoms in total. The van der Waals surface area contributed by atoms with Gasteiger partial charge in [0.05, 0.1) is 0 Å². The lowest BCUT2D eigenvalue weighted by Crippen LogP contribution is -2.27. The number of ether oxygens (including phenoxy) is 1. The second kappa shape index (κ2) is 4.10. The van der Waals surface area contributed by atoms with Crippen LogP contribution in [-0.4, -0.2) is 10.6 Å². The van der Waals surface area contributed by atoms with Crippen LogP contribution in [0.25, 0.3) is 0 Å². The lowest BCUT2D eigenvalue weighted by atomic mass is 10.1. The van der Waals surface area contributed by atoms with Crippen LogP contribution in [0.1, 0.15) is 32.8 Å². The molecule has 0 amide bonds. The van der Waals surface area contributed by atoms with E-state index in [0.717, 1.165) is 6.42 Å². The first-order chi connectivity index (χ1) is 6.59. The summed E-state index contributed by atoms with van der Waals surface area (Å²) in [5.41, 5.74) is 0.203. The van der Waals surface area contributed by atoms with Crippen molar-refractivity contribution in [2.45, 2.75) is 32.8 Å². The van der Waals surface area contributed by atoms with Gasteiger partial charge in [0, 0.05) is 6.20 Å². The Labute approximate surface area is 84.3 Å². The molecule has 1 aromatic heterocycles. The molecule has 0 saturated carbocycles. The van der Waals surface area contributed by atoms with Gasteiger partial charge in [-0.15, -0.1) is 0 Å². The van der Waals surface area contributed by atoms with Crippen molar-refractivity contribution >= 4 is 0 Å². The minimum Gasteiger partial charge on any atom is -0.471 e. The Bertz CT molecular complexity index is 353. The molecule has 3 heteroatoms. The average molecular weight is 190 g/mol. The van der Waals surface area contributed by atoms with E-state index in [0.29, 0.717) is 11.4 Å². The van der Waals surface area contributed by atoms with Crippen LogP contribution in [0, 0.1) is 11.3 Å². The zero-order valence-electron chi connectivity index (χ0n) is 8.74. The maximum Gasteiger partial charge on any atom is 0.232 e. The molecule has 1 heterocycles. The quantitative estimate of drug-likeness (QED) is 0.735. The topological polar surface area (TPSA) is 45.9 Å². The van der Waals surface area contributed by atoms with Crippen LogP contribution in [0.15, 0.2) is 18.3 Å². The first kappa shape index (κ1) is 10.5. The number of nitrogens with zero attached hydrogens (tertiary/aromatic N) is 2. The summed E-state index contributed by atoms with van der Waals surface area (Å²) in [5.74, 6) is 0.418. The van der Waals surface area contributed by atoms with Crippen LogP contribution in [0.5, 0.6) is 5.88 Å². The van der Waals surface area contributed by atoms with Gasteiger partial charge in [-0.2, -0.15) is 5.26 Å². The van der Waals surface area contributed by atoms with Gasteiger partial charge in [0.15, 0.2) is 0 Å². The molecule has 14 heavy (non-hydrogen) atoms. The molecule has 0 atom stereocenters. The van der Waals surface area contributed by atoms with Gasteiger partial charge >= 0.3 is 0 Å². The maximum atomic E-state index is 8.82. The van der Waals surface area contributed by atoms with Crippen molar-refractivity contribution in [3.8, 4) is 11.9 Å². The number of aromatic nitrogens is 1. The molecule has 0 spiro atoms. The fraction of sp³-hybridized carbons (Fsp3) is 0.455. The standard InChI is InChI=1S/C11H14N2O/c1-4-11(2,3)14-10-9(8-12)6-5-7-13-10/h5-7H,4H2,1-3H3. The first-order valence-electron chi connectivity index (χ1n) is 4.63. The summed E-state index contributed by atoms with van der Waals surface area (Å²) >= 11 is 0. The van der Waals surface area contributed by atoms with Crippen molar-refractivity contribution < 1.29 is 4.74 Å². The predicted octanol–water partition coefficient (Wildman–Crippen LogP) is 2.52. The second-order valence-electron chi connectivity index (χ2n) is 3.68. The van der Waals surface area contributed by atoms with E-state index in [1.807, 2.05) is 20.8 Å². The number of hydrogen-bond acceptors (Lipinski definition) is 3. The third-order valence-electron chi connectivity index (χ3n) is 2.12. The molecule has 0 fully saturated rings. The number of nitriles is 1. The van der Waals surface area contributed by atoms with Crippen LogP contribution in [0.4, 0.5) is 0 Å². The number of pyridine rings is 1. The average Bonchev–Trinajstić information content (AvgIpc) is 2.18. The van der Waals surface area contributed by atoms with Gasteiger partial charge in [-0.3, -0.25) is 0 Å². The van der Waals surface area contributed by atoms with Gasteiger partial charge < -0.3 is 4.74 Å². The Balaban J connectivity index is 2.92. The molecule has 0 bridgehead atoms. The summed E-state index contributed by atoms with van der Waals surface area (Å²) in [6.07, 6.45) is 2.50. The maximum absolute atomic E-state index is 8.82. The van der Waals surface area contributed by atoms with E-state index in [2.05, 4.69) is 11.1 Å². The molecule has 0 saturated heterocycles. The van der Waals surface area contributed by atoms with Gasteiger partial charge in [0.2, 0.25) is 5.88 Å². The Morgan fingerprint density at radius 2 is 2.29 bits per heavy atom. The van der Waals surface area contributed by atoms with E-state index in [1.54, 1.807) is 18.3 Å². The lowest BCUT2D eigenvalue weighted by Gasteiger charge is -2.24. The first-order valence-corrected chi connectivity index (χ1v) is 4.63. The molecule has 0 radical (unpaired) electrons. The molecule has 0 aliphatic heterocycles. The highest BCUT2D eigenvalue weighted by atomic mass is 16.5. The van der Waals surface area contributed by atoms with Crippen molar-refractivity contribution in [1.29, 1.82) is 5.26 Å². The fourth-order valence-corrected chi connectivity index (χ4v) is 0.891. The summed E-state index contributed by atoms with van der Waals surface area (Å²) in [7, 11) is 0. The van der Waals surface area contributed by atoms with Crippen LogP contribution in [0.2, 0.25) is 0 Å². The summed E-state index contributed by atoms with van der Waals surface area (Å²) < 4.78 is 5.64. The lowest BCUT2D eigenvalue weighted by molar-refractivity contribution is 0.0986. The second-order valence-corrected chi connectivity index (χ2v) is 3.68. The number of rotatable bonds is 3. The van der Waals surface area contributed by atoms with Crippen LogP contribution in [0.3, 0.4) is 0 Å². The Morgan fingerprint density at radius 3 is 2.86 bits per heavy atom. The van der Waals surface area contributed by atoms with E-state index >= 15 is 0 Å². The van der Waals surface area contributed by atoms with Crippen LogP contribution in [-0.2, 0) is 0 Å². The van der Waals surface area contributed by atoms with Crippen LogP contribution >= 0.6 is 0 Å². The molecule has 74 valence electrons. The van der Waals surface area contributed by atoms with Crippen molar-refractivity contribution in [3.05, 3.63) is 23.9 Å². The monoisotopic (exact) mass is 190 g/mol. The van der Waals surface area contributed by atoms with E-state index < -0.39 is 0 Å². The van der Waals surface area contributed by atoms with Crippen molar-refractivity contribution in [1.82, 2.24) is 4.98 Å². The minimum atomic E-state index is -0.278. The van der Waals surface area contributed by atoms with E-state index in [-0.39, 0.29) is 5.60 Å². The van der Waals surface area contributed by atoms with Crippen molar-refractivity contribution in [2.24, 2.45) is 0 Å². The predicted molar refractivity (Wildman–Crippen MR) is 54.0 cm³/mol. The van der Waals surface area contributed by atoms with Gasteiger partial charge in [-0.05, 0) is 32.4 Å². The largest absolute Gasteiger partial charge is 0.471 e. The smallest absolute Gasteiger partial charge is 0.232 e. The minimum absolute atomic E-state index is 0.278. The summed E-state index contributed by atoms with van der Waals surface area (Å²) in [6, 6.07) is 5.48. The molecule has 0 aromatic carbocycles. The summed E-state index contributed by atoms with van der Waals surface area (Å²) in [5, 5.41) is 8.82. The van der Waals surface area contributed by atoms with E-state index in [4.69, 9.17) is 10.00 Å². The molecule has 1 rings (SSSR count). The summed E-state index contributed by atoms with van der Waals surface area (Å²) in [4.78, 5) is 4.04. The molecular weight excluding hydrogens is 176 g/mol. The Kier molecular flexibility index (Phi) is 3.08. The zero-order chi connectivity index (χ0) is 10.6. The molecule has 0 aliphatic rings. The third kappa shape index (κ3) is 2.46. The zero-order valence-corrected chi connectivity index (χ0v) is 8.74. The SMILES string of the molecule is CCC(C)(C)Oc1ncccc1C#N. The Hall–Kier alpha value is -1.56. The molecule has 1 aromatic rings. The summed E-state index contributed by atoms with van der Waals surface area (Å²) in [6.45, 7) is 5.99. The van der Waals surface area contributed by atoms with E-state index in [1.165, 1.54) is 0 Å². The van der Waals surface area contributed by atoms with Crippen molar-refractivity contribution in [2.75, 3.05) is 0 Å². The molecule has 0 N–H and O–H groups in total. The Morgan fingerprint density at radius 1 is 1.57 bits per heavy atom. The van der Waals surface area contributed by atoms with Gasteiger partial charge in [-0.1, -0.05) is 6.92 Å². The fourth-order valence-electron chi connectivity index (χ4n) is 0.891. The highest BCUT2D eigenvalue weighted by Crippen LogP contribution is 2.21. The highest BCUT2D eigenvalue weighted by molar-refractivity contribution is 5.37. The van der Waals surface area contributed by atoms with Gasteiger partial charge in [0.25, 0.3) is 0 Å². The van der Waals surface area contributed by atoms with Crippen molar-refractivity contribution in [3.63, 3.8) is 0 Å². The number of hydrogen-bond donors (Lipinski definition) is 0. The normalized spacial score (nSPS) is 10.7. The van der Waals surface area contributed by atoms with Gasteiger partial charge in [-0.25, -0.2) is 4.98 Å². The highest BCUT2D eigenvalue weighted by Gasteiger charge is 2.19. The van der Waals surface area contributed by atoms with Crippen LogP contribution < -0.4 is 4.74 Å². The molecule has 0 aliphatic carbocycles. The van der Waals surface area contributed by atoms with Gasteiger partial charge in [0.1, 0.15) is 17.2 Å². The molecule has 0 unspecified atom stereocenters. The van der Waals surface area contributed by atoms with E-state index in [9.17, 15) is 0 Å².